The van der Waals surface area contributed by atoms with E-state index < -0.39 is 47.6 Å². The number of cyclic esters (lactones) is 1. The first-order chi connectivity index (χ1) is 16.5. The van der Waals surface area contributed by atoms with Crippen LogP contribution in [-0.4, -0.2) is 61.1 Å². The van der Waals surface area contributed by atoms with E-state index in [0.29, 0.717) is 17.8 Å². The summed E-state index contributed by atoms with van der Waals surface area (Å²) in [7, 11) is 0.113. The first-order valence-electron chi connectivity index (χ1n) is 11.7. The summed E-state index contributed by atoms with van der Waals surface area (Å²) in [5.41, 5.74) is 0.869. The molecule has 1 saturated heterocycles. The van der Waals surface area contributed by atoms with Crippen molar-refractivity contribution in [2.24, 2.45) is 5.92 Å². The van der Waals surface area contributed by atoms with E-state index in [2.05, 4.69) is 0 Å². The second-order valence-corrected chi connectivity index (χ2v) is 9.22. The molecule has 2 heterocycles. The summed E-state index contributed by atoms with van der Waals surface area (Å²) >= 11 is 0. The van der Waals surface area contributed by atoms with Crippen LogP contribution in [-0.2, 0) is 23.8 Å². The van der Waals surface area contributed by atoms with Crippen molar-refractivity contribution >= 4 is 37.1 Å². The SMILES string of the molecule is CCN(BC=O)c1cc(O)c2c(c1)/C=C/C[C@@H]1OC(C)(C)O[C@@H]1C(=O)/C(F)=C\[C@@H](C)[C@H](C)OC2=O. The fourth-order valence-electron chi connectivity index (χ4n) is 4.16. The number of benzene rings is 1. The fraction of sp³-hybridized carbons (Fsp3) is 0.480. The second kappa shape index (κ2) is 10.7. The maximum absolute atomic E-state index is 14.8. The van der Waals surface area contributed by atoms with E-state index >= 15 is 0 Å². The van der Waals surface area contributed by atoms with E-state index in [4.69, 9.17) is 14.2 Å². The number of phenols is 1. The molecule has 0 bridgehead atoms. The third-order valence-corrected chi connectivity index (χ3v) is 6.16. The van der Waals surface area contributed by atoms with Gasteiger partial charge in [-0.3, -0.25) is 4.79 Å². The van der Waals surface area contributed by atoms with Crippen molar-refractivity contribution in [1.29, 1.82) is 0 Å². The molecule has 0 aromatic heterocycles. The Morgan fingerprint density at radius 1 is 1.26 bits per heavy atom. The molecular weight excluding hydrogens is 456 g/mol. The van der Waals surface area contributed by atoms with Gasteiger partial charge < -0.3 is 28.9 Å². The number of ketones is 1. The standard InChI is InChI=1S/C25H31BFNO7/c1-6-28(26-13-29)17-11-16-8-7-9-20-23(35-25(4,5)34-20)22(31)18(27)10-14(2)15(3)33-24(32)21(16)19(30)12-17/h7-8,10-15,20,23,26,30H,6,9H2,1-5H3/b8-7+,18-10+/t14-,15+,20+,23+/m1/s1. The monoisotopic (exact) mass is 487 g/mol. The lowest BCUT2D eigenvalue weighted by Gasteiger charge is -2.23. The highest BCUT2D eigenvalue weighted by molar-refractivity contribution is 6.70. The van der Waals surface area contributed by atoms with Gasteiger partial charge in [-0.15, -0.1) is 0 Å². The Labute approximate surface area is 205 Å². The Balaban J connectivity index is 2.10. The number of ether oxygens (including phenoxy) is 3. The Hall–Kier alpha value is -2.98. The summed E-state index contributed by atoms with van der Waals surface area (Å²) in [4.78, 5) is 38.7. The Kier molecular flexibility index (Phi) is 8.17. The third kappa shape index (κ3) is 6.00. The summed E-state index contributed by atoms with van der Waals surface area (Å²) in [6, 6.07) is 3.08. The number of anilines is 1. The number of fused-ring (bicyclic) bond motifs is 2. The van der Waals surface area contributed by atoms with Crippen LogP contribution in [0.2, 0.25) is 0 Å². The quantitative estimate of drug-likeness (QED) is 0.392. The predicted molar refractivity (Wildman–Crippen MR) is 131 cm³/mol. The van der Waals surface area contributed by atoms with Gasteiger partial charge in [0.1, 0.15) is 23.6 Å². The third-order valence-electron chi connectivity index (χ3n) is 6.16. The zero-order valence-electron chi connectivity index (χ0n) is 20.6. The smallest absolute Gasteiger partial charge is 0.342 e. The van der Waals surface area contributed by atoms with Gasteiger partial charge in [0.2, 0.25) is 5.78 Å². The molecule has 10 heteroatoms. The van der Waals surface area contributed by atoms with Crippen molar-refractivity contribution in [3.63, 3.8) is 0 Å². The van der Waals surface area contributed by atoms with E-state index in [1.165, 1.54) is 6.07 Å². The molecule has 0 radical (unpaired) electrons. The number of carbonyl (C=O) groups excluding carboxylic acids is 3. The van der Waals surface area contributed by atoms with Crippen LogP contribution in [0.1, 0.15) is 57.0 Å². The topological polar surface area (TPSA) is 102 Å². The second-order valence-electron chi connectivity index (χ2n) is 9.22. The van der Waals surface area contributed by atoms with Crippen LogP contribution in [0.5, 0.6) is 5.75 Å². The van der Waals surface area contributed by atoms with Crippen molar-refractivity contribution in [3.05, 3.63) is 41.2 Å². The van der Waals surface area contributed by atoms with E-state index in [9.17, 15) is 23.9 Å². The van der Waals surface area contributed by atoms with E-state index in [-0.39, 0.29) is 25.1 Å². The van der Waals surface area contributed by atoms with Crippen LogP contribution >= 0.6 is 0 Å². The average Bonchev–Trinajstić information content (AvgIpc) is 3.09. The molecule has 1 aromatic rings. The molecule has 0 unspecified atom stereocenters. The summed E-state index contributed by atoms with van der Waals surface area (Å²) in [6.45, 7) is 8.86. The number of hydrogen-bond donors (Lipinski definition) is 1. The highest BCUT2D eigenvalue weighted by Crippen LogP contribution is 2.35. The first-order valence-corrected chi connectivity index (χ1v) is 11.7. The molecule has 0 aliphatic carbocycles. The van der Waals surface area contributed by atoms with Crippen molar-refractivity contribution in [2.75, 3.05) is 11.4 Å². The minimum atomic E-state index is -1.14. The van der Waals surface area contributed by atoms with Gasteiger partial charge in [-0.05, 0) is 51.8 Å². The summed E-state index contributed by atoms with van der Waals surface area (Å²) in [5.74, 6) is -4.62. The van der Waals surface area contributed by atoms with Gasteiger partial charge in [0, 0.05) is 24.2 Å². The number of rotatable bonds is 4. The van der Waals surface area contributed by atoms with Gasteiger partial charge >= 0.3 is 13.4 Å². The van der Waals surface area contributed by atoms with Crippen molar-refractivity contribution in [2.45, 2.75) is 65.1 Å². The van der Waals surface area contributed by atoms with Gasteiger partial charge in [-0.25, -0.2) is 9.18 Å². The number of Topliss-reactive ketones (excluding diaryl/α,β-unsaturated/α-hetero) is 1. The molecule has 8 nitrogen and oxygen atoms in total. The van der Waals surface area contributed by atoms with E-state index in [1.54, 1.807) is 50.7 Å². The molecular formula is C25H31BFNO7. The van der Waals surface area contributed by atoms with Crippen molar-refractivity contribution in [1.82, 2.24) is 0 Å². The van der Waals surface area contributed by atoms with Crippen LogP contribution in [0, 0.1) is 5.92 Å². The Morgan fingerprint density at radius 3 is 2.63 bits per heavy atom. The molecule has 2 aliphatic rings. The lowest BCUT2D eigenvalue weighted by molar-refractivity contribution is -0.153. The van der Waals surface area contributed by atoms with Crippen molar-refractivity contribution < 1.29 is 38.1 Å². The van der Waals surface area contributed by atoms with Gasteiger partial charge in [0.15, 0.2) is 17.7 Å². The van der Waals surface area contributed by atoms with Gasteiger partial charge in [0.25, 0.3) is 0 Å². The Bertz CT molecular complexity index is 1050. The van der Waals surface area contributed by atoms with Crippen LogP contribution in [0.15, 0.2) is 30.1 Å². The number of nitrogens with zero attached hydrogens (tertiary/aromatic N) is 1. The molecule has 1 fully saturated rings. The number of phenolic OH excluding ortho intramolecular Hbond substituents is 1. The van der Waals surface area contributed by atoms with Gasteiger partial charge in [0.05, 0.1) is 6.10 Å². The molecule has 1 aromatic carbocycles. The Morgan fingerprint density at radius 2 is 1.97 bits per heavy atom. The molecule has 4 atom stereocenters. The zero-order valence-corrected chi connectivity index (χ0v) is 20.6. The summed E-state index contributed by atoms with van der Waals surface area (Å²) in [5, 5.41) is 10.8. The molecule has 0 amide bonds. The number of aromatic hydroxyl groups is 1. The molecule has 35 heavy (non-hydrogen) atoms. The maximum atomic E-state index is 14.8. The largest absolute Gasteiger partial charge is 0.507 e. The first kappa shape index (κ1) is 26.6. The lowest BCUT2D eigenvalue weighted by Crippen LogP contribution is -2.32. The number of halogens is 1. The average molecular weight is 487 g/mol. The number of hydrogen-bond acceptors (Lipinski definition) is 8. The lowest BCUT2D eigenvalue weighted by atomic mass is 9.92. The minimum Gasteiger partial charge on any atom is -0.507 e. The van der Waals surface area contributed by atoms with Gasteiger partial charge in [-0.2, -0.15) is 0 Å². The molecule has 0 saturated carbocycles. The fourth-order valence-corrected chi connectivity index (χ4v) is 4.16. The molecule has 1 N–H and O–H groups in total. The molecule has 2 aliphatic heterocycles. The van der Waals surface area contributed by atoms with Crippen LogP contribution in [0.3, 0.4) is 0 Å². The number of carbonyl (C=O) groups is 3. The van der Waals surface area contributed by atoms with Crippen LogP contribution < -0.4 is 4.81 Å². The predicted octanol–water partition coefficient (Wildman–Crippen LogP) is 3.30. The normalized spacial score (nSPS) is 29.0. The molecule has 188 valence electrons. The van der Waals surface area contributed by atoms with Crippen molar-refractivity contribution in [3.8, 4) is 5.75 Å². The molecule has 0 spiro atoms. The summed E-state index contributed by atoms with van der Waals surface area (Å²) in [6.07, 6.45) is 2.63. The van der Waals surface area contributed by atoms with Crippen LogP contribution in [0.25, 0.3) is 6.08 Å². The highest BCUT2D eigenvalue weighted by Gasteiger charge is 2.45. The van der Waals surface area contributed by atoms with Gasteiger partial charge in [-0.1, -0.05) is 19.1 Å². The van der Waals surface area contributed by atoms with E-state index in [1.807, 2.05) is 6.92 Å². The highest BCUT2D eigenvalue weighted by atomic mass is 19.1. The number of esters is 1. The van der Waals surface area contributed by atoms with Crippen LogP contribution in [0.4, 0.5) is 10.1 Å². The maximum Gasteiger partial charge on any atom is 0.342 e. The molecule has 3 rings (SSSR count). The van der Waals surface area contributed by atoms with E-state index in [0.717, 1.165) is 12.3 Å². The zero-order chi connectivity index (χ0) is 25.9. The minimum absolute atomic E-state index is 0.0516. The summed E-state index contributed by atoms with van der Waals surface area (Å²) < 4.78 is 31.9.